The summed E-state index contributed by atoms with van der Waals surface area (Å²) >= 11 is 0. The van der Waals surface area contributed by atoms with Crippen LogP contribution in [0.1, 0.15) is 32.0 Å². The number of rotatable bonds is 6. The molecule has 2 saturated heterocycles. The zero-order valence-corrected chi connectivity index (χ0v) is 19.8. The van der Waals surface area contributed by atoms with E-state index in [0.29, 0.717) is 5.91 Å². The van der Waals surface area contributed by atoms with Crippen molar-refractivity contribution in [2.75, 3.05) is 52.9 Å². The van der Waals surface area contributed by atoms with E-state index in [1.165, 1.54) is 5.52 Å². The summed E-state index contributed by atoms with van der Waals surface area (Å²) in [7, 11) is 1.85. The van der Waals surface area contributed by atoms with Crippen molar-refractivity contribution in [1.29, 1.82) is 0 Å². The highest BCUT2D eigenvalue weighted by molar-refractivity contribution is 5.82. The highest BCUT2D eigenvalue weighted by atomic mass is 16.2. The second kappa shape index (κ2) is 10.3. The summed E-state index contributed by atoms with van der Waals surface area (Å²) in [5.74, 6) is 2.31. The number of likely N-dealkylation sites (tertiary alicyclic amines) is 1. The molecule has 1 unspecified atom stereocenters. The van der Waals surface area contributed by atoms with Gasteiger partial charge < -0.3 is 19.7 Å². The number of hydrogen-bond acceptors (Lipinski definition) is 4. The summed E-state index contributed by atoms with van der Waals surface area (Å²) in [6.07, 6.45) is 3.29. The SMILES string of the molecule is CN=C(NCCCn1c(C)nc2ccccc21)N1CCN(C(C)C(=O)N2CCCC2)CC1. The number of carbonyl (C=O) groups excluding carboxylic acids is 1. The highest BCUT2D eigenvalue weighted by Crippen LogP contribution is 2.16. The molecule has 0 aliphatic carbocycles. The van der Waals surface area contributed by atoms with E-state index < -0.39 is 0 Å². The van der Waals surface area contributed by atoms with Gasteiger partial charge in [-0.1, -0.05) is 12.1 Å². The van der Waals surface area contributed by atoms with Gasteiger partial charge in [0, 0.05) is 59.4 Å². The van der Waals surface area contributed by atoms with Gasteiger partial charge in [0.2, 0.25) is 5.91 Å². The number of fused-ring (bicyclic) bond motifs is 1. The van der Waals surface area contributed by atoms with Crippen LogP contribution in [-0.2, 0) is 11.3 Å². The maximum atomic E-state index is 12.7. The molecule has 0 spiro atoms. The number of aromatic nitrogens is 2. The molecule has 2 aromatic rings. The number of aliphatic imine (C=N–C) groups is 1. The summed E-state index contributed by atoms with van der Waals surface area (Å²) in [6.45, 7) is 11.3. The third-order valence-corrected chi connectivity index (χ3v) is 6.84. The monoisotopic (exact) mass is 439 g/mol. The van der Waals surface area contributed by atoms with Crippen LogP contribution in [0.3, 0.4) is 0 Å². The van der Waals surface area contributed by atoms with Crippen LogP contribution in [0, 0.1) is 6.92 Å². The molecular weight excluding hydrogens is 402 g/mol. The van der Waals surface area contributed by atoms with Crippen LogP contribution in [0.5, 0.6) is 0 Å². The predicted octanol–water partition coefficient (Wildman–Crippen LogP) is 1.94. The zero-order valence-electron chi connectivity index (χ0n) is 19.8. The lowest BCUT2D eigenvalue weighted by Crippen LogP contribution is -2.57. The van der Waals surface area contributed by atoms with Crippen molar-refractivity contribution >= 4 is 22.9 Å². The molecule has 3 heterocycles. The van der Waals surface area contributed by atoms with Crippen LogP contribution in [0.4, 0.5) is 0 Å². The molecule has 2 aliphatic heterocycles. The summed E-state index contributed by atoms with van der Waals surface area (Å²) in [5.41, 5.74) is 2.26. The summed E-state index contributed by atoms with van der Waals surface area (Å²) in [5, 5.41) is 3.53. The molecule has 0 bridgehead atoms. The second-order valence-corrected chi connectivity index (χ2v) is 8.86. The number of para-hydroxylation sites is 2. The van der Waals surface area contributed by atoms with Crippen molar-refractivity contribution in [3.8, 4) is 0 Å². The first-order chi connectivity index (χ1) is 15.6. The standard InChI is InChI=1S/C24H37N7O/c1-19(23(32)29-12-6-7-13-29)28-15-17-30(18-16-28)24(25-3)26-11-8-14-31-20(2)27-21-9-4-5-10-22(21)31/h4-5,9-10,19H,6-8,11-18H2,1-3H3,(H,25,26). The lowest BCUT2D eigenvalue weighted by atomic mass is 10.2. The fourth-order valence-corrected chi connectivity index (χ4v) is 4.93. The van der Waals surface area contributed by atoms with Gasteiger partial charge in [0.1, 0.15) is 5.82 Å². The molecule has 8 nitrogen and oxygen atoms in total. The number of nitrogens with zero attached hydrogens (tertiary/aromatic N) is 6. The van der Waals surface area contributed by atoms with Crippen LogP contribution in [-0.4, -0.2) is 95.0 Å². The van der Waals surface area contributed by atoms with Crippen LogP contribution in [0.15, 0.2) is 29.3 Å². The van der Waals surface area contributed by atoms with Gasteiger partial charge in [-0.15, -0.1) is 0 Å². The number of imidazole rings is 1. The fraction of sp³-hybridized carbons (Fsp3) is 0.625. The first-order valence-corrected chi connectivity index (χ1v) is 12.0. The fourth-order valence-electron chi connectivity index (χ4n) is 4.93. The minimum Gasteiger partial charge on any atom is -0.356 e. The molecule has 1 aromatic heterocycles. The van der Waals surface area contributed by atoms with Gasteiger partial charge in [-0.25, -0.2) is 4.98 Å². The van der Waals surface area contributed by atoms with Crippen LogP contribution in [0.2, 0.25) is 0 Å². The lowest BCUT2D eigenvalue weighted by Gasteiger charge is -2.39. The Hall–Kier alpha value is -2.61. The minimum absolute atomic E-state index is 0.0292. The lowest BCUT2D eigenvalue weighted by molar-refractivity contribution is -0.135. The Balaban J connectivity index is 1.23. The van der Waals surface area contributed by atoms with Crippen molar-refractivity contribution in [2.45, 2.75) is 45.7 Å². The summed E-state index contributed by atoms with van der Waals surface area (Å²) < 4.78 is 2.29. The maximum Gasteiger partial charge on any atom is 0.239 e. The van der Waals surface area contributed by atoms with Crippen molar-refractivity contribution < 1.29 is 4.79 Å². The molecule has 174 valence electrons. The molecule has 1 N–H and O–H groups in total. The van der Waals surface area contributed by atoms with E-state index in [9.17, 15) is 4.79 Å². The van der Waals surface area contributed by atoms with Gasteiger partial charge in [0.15, 0.2) is 5.96 Å². The number of amides is 1. The van der Waals surface area contributed by atoms with Crippen molar-refractivity contribution in [1.82, 2.24) is 29.6 Å². The van der Waals surface area contributed by atoms with Crippen LogP contribution < -0.4 is 5.32 Å². The van der Waals surface area contributed by atoms with Gasteiger partial charge in [0.25, 0.3) is 0 Å². The van der Waals surface area contributed by atoms with E-state index >= 15 is 0 Å². The predicted molar refractivity (Wildman–Crippen MR) is 129 cm³/mol. The quantitative estimate of drug-likeness (QED) is 0.423. The topological polar surface area (TPSA) is 69.0 Å². The third-order valence-electron chi connectivity index (χ3n) is 6.84. The number of aryl methyl sites for hydroxylation is 2. The number of nitrogens with one attached hydrogen (secondary N) is 1. The summed E-state index contributed by atoms with van der Waals surface area (Å²) in [6, 6.07) is 8.28. The number of carbonyl (C=O) groups is 1. The molecule has 2 fully saturated rings. The minimum atomic E-state index is -0.0292. The molecule has 1 amide bonds. The molecule has 32 heavy (non-hydrogen) atoms. The van der Waals surface area contributed by atoms with Gasteiger partial charge in [-0.2, -0.15) is 0 Å². The Bertz CT molecular complexity index is 939. The van der Waals surface area contributed by atoms with E-state index in [-0.39, 0.29) is 6.04 Å². The molecule has 1 atom stereocenters. The smallest absolute Gasteiger partial charge is 0.239 e. The number of hydrogen-bond donors (Lipinski definition) is 1. The average molecular weight is 440 g/mol. The number of benzene rings is 1. The molecule has 2 aliphatic rings. The van der Waals surface area contributed by atoms with Crippen molar-refractivity contribution in [3.05, 3.63) is 30.1 Å². The van der Waals surface area contributed by atoms with Gasteiger partial charge in [0.05, 0.1) is 17.1 Å². The number of piperazine rings is 1. The molecule has 0 radical (unpaired) electrons. The summed E-state index contributed by atoms with van der Waals surface area (Å²) in [4.78, 5) is 28.5. The van der Waals surface area contributed by atoms with E-state index in [1.54, 1.807) is 0 Å². The molecular formula is C24H37N7O. The Morgan fingerprint density at radius 1 is 1.09 bits per heavy atom. The van der Waals surface area contributed by atoms with Gasteiger partial charge in [-0.05, 0) is 45.2 Å². The Kier molecular flexibility index (Phi) is 7.29. The van der Waals surface area contributed by atoms with Crippen LogP contribution in [0.25, 0.3) is 11.0 Å². The third kappa shape index (κ3) is 4.90. The first kappa shape index (κ1) is 22.6. The Morgan fingerprint density at radius 2 is 1.81 bits per heavy atom. The normalized spacial score (nSPS) is 19.0. The Morgan fingerprint density at radius 3 is 2.53 bits per heavy atom. The molecule has 8 heteroatoms. The average Bonchev–Trinajstić information content (AvgIpc) is 3.46. The Labute approximate surface area is 191 Å². The first-order valence-electron chi connectivity index (χ1n) is 12.0. The van der Waals surface area contributed by atoms with Crippen LogP contribution >= 0.6 is 0 Å². The van der Waals surface area contributed by atoms with E-state index in [0.717, 1.165) is 88.9 Å². The largest absolute Gasteiger partial charge is 0.356 e. The number of guanidine groups is 1. The van der Waals surface area contributed by atoms with Gasteiger partial charge >= 0.3 is 0 Å². The molecule has 4 rings (SSSR count). The molecule has 1 aromatic carbocycles. The van der Waals surface area contributed by atoms with E-state index in [1.807, 2.05) is 18.0 Å². The van der Waals surface area contributed by atoms with E-state index in [2.05, 4.69) is 61.7 Å². The van der Waals surface area contributed by atoms with Gasteiger partial charge in [-0.3, -0.25) is 14.7 Å². The van der Waals surface area contributed by atoms with E-state index in [4.69, 9.17) is 0 Å². The zero-order chi connectivity index (χ0) is 22.5. The second-order valence-electron chi connectivity index (χ2n) is 8.86. The van der Waals surface area contributed by atoms with Crippen molar-refractivity contribution in [3.63, 3.8) is 0 Å². The highest BCUT2D eigenvalue weighted by Gasteiger charge is 2.30. The maximum absolute atomic E-state index is 12.7. The van der Waals surface area contributed by atoms with Crippen molar-refractivity contribution in [2.24, 2.45) is 4.99 Å². The molecule has 0 saturated carbocycles.